The molecule has 0 aromatic heterocycles. The first kappa shape index (κ1) is 9.61. The molecule has 2 atom stereocenters. The van der Waals surface area contributed by atoms with E-state index in [9.17, 15) is 0 Å². The average molecular weight is 166 g/mol. The standard InChI is InChI=1S/C11H18O/c1-3-4-7-10-8-5-6-9-11(10)12-2/h1,10-11H,4-9H2,2H3. The Bertz CT molecular complexity index is 157. The summed E-state index contributed by atoms with van der Waals surface area (Å²) in [4.78, 5) is 0. The molecule has 12 heavy (non-hydrogen) atoms. The van der Waals surface area contributed by atoms with Crippen LogP contribution in [-0.4, -0.2) is 13.2 Å². The summed E-state index contributed by atoms with van der Waals surface area (Å²) in [7, 11) is 1.82. The monoisotopic (exact) mass is 166 g/mol. The van der Waals surface area contributed by atoms with Gasteiger partial charge >= 0.3 is 0 Å². The Morgan fingerprint density at radius 3 is 2.83 bits per heavy atom. The van der Waals surface area contributed by atoms with E-state index in [1.807, 2.05) is 7.11 Å². The van der Waals surface area contributed by atoms with Crippen molar-refractivity contribution in [1.29, 1.82) is 0 Å². The van der Waals surface area contributed by atoms with E-state index in [0.29, 0.717) is 6.10 Å². The molecule has 0 radical (unpaired) electrons. The highest BCUT2D eigenvalue weighted by atomic mass is 16.5. The summed E-state index contributed by atoms with van der Waals surface area (Å²) in [6.07, 6.45) is 13.0. The summed E-state index contributed by atoms with van der Waals surface area (Å²) in [6.45, 7) is 0. The van der Waals surface area contributed by atoms with Crippen LogP contribution in [0.25, 0.3) is 0 Å². The maximum absolute atomic E-state index is 5.43. The first-order valence-corrected chi connectivity index (χ1v) is 4.84. The number of ether oxygens (including phenoxy) is 1. The molecule has 1 rings (SSSR count). The molecule has 1 heteroatoms. The fourth-order valence-electron chi connectivity index (χ4n) is 2.08. The smallest absolute Gasteiger partial charge is 0.0599 e. The van der Waals surface area contributed by atoms with Crippen molar-refractivity contribution in [2.24, 2.45) is 5.92 Å². The van der Waals surface area contributed by atoms with Crippen LogP contribution < -0.4 is 0 Å². The zero-order valence-corrected chi connectivity index (χ0v) is 7.88. The fraction of sp³-hybridized carbons (Fsp3) is 0.818. The quantitative estimate of drug-likeness (QED) is 0.586. The second-order valence-corrected chi connectivity index (χ2v) is 3.56. The van der Waals surface area contributed by atoms with Crippen LogP contribution in [0.15, 0.2) is 0 Å². The Morgan fingerprint density at radius 2 is 2.17 bits per heavy atom. The van der Waals surface area contributed by atoms with Crippen molar-refractivity contribution in [3.05, 3.63) is 0 Å². The van der Waals surface area contributed by atoms with Gasteiger partial charge in [0.05, 0.1) is 6.10 Å². The van der Waals surface area contributed by atoms with Gasteiger partial charge in [-0.25, -0.2) is 0 Å². The third-order valence-corrected chi connectivity index (χ3v) is 2.80. The third-order valence-electron chi connectivity index (χ3n) is 2.80. The molecule has 1 saturated carbocycles. The predicted molar refractivity (Wildman–Crippen MR) is 50.8 cm³/mol. The molecule has 0 N–H and O–H groups in total. The summed E-state index contributed by atoms with van der Waals surface area (Å²) in [5.41, 5.74) is 0. The molecule has 0 bridgehead atoms. The molecule has 2 unspecified atom stereocenters. The molecule has 0 saturated heterocycles. The maximum Gasteiger partial charge on any atom is 0.0599 e. The minimum atomic E-state index is 0.479. The number of hydrogen-bond acceptors (Lipinski definition) is 1. The highest BCUT2D eigenvalue weighted by Crippen LogP contribution is 2.29. The van der Waals surface area contributed by atoms with Crippen molar-refractivity contribution in [2.75, 3.05) is 7.11 Å². The van der Waals surface area contributed by atoms with E-state index in [-0.39, 0.29) is 0 Å². The largest absolute Gasteiger partial charge is 0.381 e. The van der Waals surface area contributed by atoms with E-state index in [4.69, 9.17) is 11.2 Å². The minimum Gasteiger partial charge on any atom is -0.381 e. The van der Waals surface area contributed by atoms with E-state index in [1.165, 1.54) is 25.7 Å². The molecular formula is C11H18O. The van der Waals surface area contributed by atoms with Crippen molar-refractivity contribution >= 4 is 0 Å². The van der Waals surface area contributed by atoms with Gasteiger partial charge in [-0.1, -0.05) is 12.8 Å². The number of hydrogen-bond donors (Lipinski definition) is 0. The van der Waals surface area contributed by atoms with Crippen LogP contribution in [0.1, 0.15) is 38.5 Å². The molecular weight excluding hydrogens is 148 g/mol. The van der Waals surface area contributed by atoms with Crippen LogP contribution in [0.2, 0.25) is 0 Å². The number of rotatable bonds is 3. The van der Waals surface area contributed by atoms with E-state index in [1.54, 1.807) is 0 Å². The Kier molecular flexibility index (Phi) is 4.18. The van der Waals surface area contributed by atoms with E-state index in [2.05, 4.69) is 5.92 Å². The number of methoxy groups -OCH3 is 1. The molecule has 1 nitrogen and oxygen atoms in total. The van der Waals surface area contributed by atoms with Gasteiger partial charge in [-0.05, 0) is 25.2 Å². The normalized spacial score (nSPS) is 29.7. The first-order chi connectivity index (χ1) is 5.88. The zero-order chi connectivity index (χ0) is 8.81. The second-order valence-electron chi connectivity index (χ2n) is 3.56. The Labute approximate surface area is 75.5 Å². The lowest BCUT2D eigenvalue weighted by Gasteiger charge is -2.29. The van der Waals surface area contributed by atoms with Gasteiger partial charge in [0.1, 0.15) is 0 Å². The van der Waals surface area contributed by atoms with Crippen LogP contribution >= 0.6 is 0 Å². The lowest BCUT2D eigenvalue weighted by Crippen LogP contribution is -2.26. The lowest BCUT2D eigenvalue weighted by atomic mass is 9.83. The van der Waals surface area contributed by atoms with Gasteiger partial charge in [0.15, 0.2) is 0 Å². The van der Waals surface area contributed by atoms with Crippen LogP contribution in [-0.2, 0) is 4.74 Å². The molecule has 0 spiro atoms. The molecule has 0 aromatic carbocycles. The molecule has 68 valence electrons. The van der Waals surface area contributed by atoms with Crippen LogP contribution in [0.3, 0.4) is 0 Å². The fourth-order valence-corrected chi connectivity index (χ4v) is 2.08. The molecule has 0 aromatic rings. The topological polar surface area (TPSA) is 9.23 Å². The molecule has 0 aliphatic heterocycles. The third kappa shape index (κ3) is 2.53. The van der Waals surface area contributed by atoms with E-state index >= 15 is 0 Å². The highest BCUT2D eigenvalue weighted by Gasteiger charge is 2.23. The lowest BCUT2D eigenvalue weighted by molar-refractivity contribution is 0.0210. The van der Waals surface area contributed by atoms with Gasteiger partial charge in [-0.3, -0.25) is 0 Å². The van der Waals surface area contributed by atoms with Gasteiger partial charge in [0, 0.05) is 13.5 Å². The van der Waals surface area contributed by atoms with Crippen molar-refractivity contribution in [1.82, 2.24) is 0 Å². The minimum absolute atomic E-state index is 0.479. The molecule has 1 aliphatic rings. The van der Waals surface area contributed by atoms with E-state index in [0.717, 1.165) is 18.8 Å². The number of terminal acetylenes is 1. The summed E-state index contributed by atoms with van der Waals surface area (Å²) >= 11 is 0. The van der Waals surface area contributed by atoms with Gasteiger partial charge in [0.2, 0.25) is 0 Å². The van der Waals surface area contributed by atoms with Crippen molar-refractivity contribution in [2.45, 2.75) is 44.6 Å². The summed E-state index contributed by atoms with van der Waals surface area (Å²) in [5, 5.41) is 0. The summed E-state index contributed by atoms with van der Waals surface area (Å²) < 4.78 is 5.43. The van der Waals surface area contributed by atoms with E-state index < -0.39 is 0 Å². The zero-order valence-electron chi connectivity index (χ0n) is 7.88. The SMILES string of the molecule is C#CCCC1CCCCC1OC. The van der Waals surface area contributed by atoms with Gasteiger partial charge < -0.3 is 4.74 Å². The first-order valence-electron chi connectivity index (χ1n) is 4.84. The summed E-state index contributed by atoms with van der Waals surface area (Å²) in [6, 6.07) is 0. The maximum atomic E-state index is 5.43. The van der Waals surface area contributed by atoms with Gasteiger partial charge in [-0.2, -0.15) is 0 Å². The molecule has 0 amide bonds. The van der Waals surface area contributed by atoms with Crippen molar-refractivity contribution < 1.29 is 4.74 Å². The Hall–Kier alpha value is -0.480. The molecule has 1 fully saturated rings. The van der Waals surface area contributed by atoms with Crippen molar-refractivity contribution in [3.63, 3.8) is 0 Å². The van der Waals surface area contributed by atoms with Gasteiger partial charge in [-0.15, -0.1) is 12.3 Å². The van der Waals surface area contributed by atoms with Crippen LogP contribution in [0.5, 0.6) is 0 Å². The van der Waals surface area contributed by atoms with Gasteiger partial charge in [0.25, 0.3) is 0 Å². The Morgan fingerprint density at radius 1 is 1.42 bits per heavy atom. The molecule has 1 aliphatic carbocycles. The molecule has 0 heterocycles. The van der Waals surface area contributed by atoms with Crippen molar-refractivity contribution in [3.8, 4) is 12.3 Å². The van der Waals surface area contributed by atoms with Crippen LogP contribution in [0, 0.1) is 18.3 Å². The summed E-state index contributed by atoms with van der Waals surface area (Å²) in [5.74, 6) is 3.43. The average Bonchev–Trinajstić information content (AvgIpc) is 2.15. The van der Waals surface area contributed by atoms with Crippen LogP contribution in [0.4, 0.5) is 0 Å². The highest BCUT2D eigenvalue weighted by molar-refractivity contribution is 4.86. The predicted octanol–water partition coefficient (Wildman–Crippen LogP) is 2.61. The second kappa shape index (κ2) is 5.22. The Balaban J connectivity index is 2.32.